The zero-order valence-corrected chi connectivity index (χ0v) is 9.56. The van der Waals surface area contributed by atoms with Gasteiger partial charge in [0.25, 0.3) is 0 Å². The predicted molar refractivity (Wildman–Crippen MR) is 58.7 cm³/mol. The lowest BCUT2D eigenvalue weighted by atomic mass is 10.3. The van der Waals surface area contributed by atoms with E-state index in [2.05, 4.69) is 10.2 Å². The molecule has 18 heavy (non-hydrogen) atoms. The average Bonchev–Trinajstić information content (AvgIpc) is 2.81. The summed E-state index contributed by atoms with van der Waals surface area (Å²) >= 11 is 0. The Morgan fingerprint density at radius 1 is 1.56 bits per heavy atom. The number of carbonyl (C=O) groups is 1. The van der Waals surface area contributed by atoms with Crippen LogP contribution < -0.4 is 0 Å². The summed E-state index contributed by atoms with van der Waals surface area (Å²) in [7, 11) is 1.53. The molecule has 0 amide bonds. The lowest BCUT2D eigenvalue weighted by molar-refractivity contribution is -0.385. The van der Waals surface area contributed by atoms with Gasteiger partial charge in [-0.25, -0.2) is 14.2 Å². The molecule has 0 spiro atoms. The number of aromatic nitrogens is 4. The van der Waals surface area contributed by atoms with Crippen molar-refractivity contribution in [2.45, 2.75) is 6.92 Å². The van der Waals surface area contributed by atoms with Crippen LogP contribution in [0.1, 0.15) is 16.1 Å². The third-order valence-corrected chi connectivity index (χ3v) is 2.39. The molecule has 9 nitrogen and oxygen atoms in total. The molecular formula is C9H9N5O4. The molecule has 0 aliphatic rings. The van der Waals surface area contributed by atoms with E-state index in [0.29, 0.717) is 0 Å². The highest BCUT2D eigenvalue weighted by Crippen LogP contribution is 2.25. The van der Waals surface area contributed by atoms with E-state index in [4.69, 9.17) is 5.11 Å². The van der Waals surface area contributed by atoms with E-state index in [1.54, 1.807) is 0 Å². The van der Waals surface area contributed by atoms with Crippen LogP contribution in [0.15, 0.2) is 12.4 Å². The summed E-state index contributed by atoms with van der Waals surface area (Å²) in [4.78, 5) is 21.1. The van der Waals surface area contributed by atoms with Crippen molar-refractivity contribution in [2.24, 2.45) is 7.05 Å². The number of hydrogen-bond acceptors (Lipinski definition) is 5. The Kier molecular flexibility index (Phi) is 2.58. The Labute approximate surface area is 100 Å². The number of hydrogen-bond donors (Lipinski definition) is 1. The highest BCUT2D eigenvalue weighted by Gasteiger charge is 2.26. The smallest absolute Gasteiger partial charge is 0.338 e. The molecule has 2 rings (SSSR count). The van der Waals surface area contributed by atoms with Gasteiger partial charge in [0.1, 0.15) is 5.69 Å². The number of aryl methyl sites for hydroxylation is 2. The maximum absolute atomic E-state index is 11.0. The Hall–Kier alpha value is -2.71. The van der Waals surface area contributed by atoms with E-state index in [1.807, 2.05) is 0 Å². The maximum atomic E-state index is 11.0. The molecule has 0 aromatic carbocycles. The monoisotopic (exact) mass is 251 g/mol. The summed E-state index contributed by atoms with van der Waals surface area (Å²) in [5, 5.41) is 27.5. The molecule has 2 aromatic rings. The van der Waals surface area contributed by atoms with Crippen molar-refractivity contribution in [3.8, 4) is 5.82 Å². The van der Waals surface area contributed by atoms with Crippen LogP contribution in [-0.4, -0.2) is 35.6 Å². The van der Waals surface area contributed by atoms with E-state index in [0.717, 1.165) is 10.9 Å². The van der Waals surface area contributed by atoms with Gasteiger partial charge in [0.15, 0.2) is 0 Å². The molecule has 0 aliphatic carbocycles. The van der Waals surface area contributed by atoms with Gasteiger partial charge in [-0.1, -0.05) is 0 Å². The minimum atomic E-state index is -1.15. The van der Waals surface area contributed by atoms with Crippen LogP contribution in [0.25, 0.3) is 5.82 Å². The van der Waals surface area contributed by atoms with Crippen LogP contribution in [-0.2, 0) is 7.05 Å². The van der Waals surface area contributed by atoms with Gasteiger partial charge in [0.2, 0.25) is 5.82 Å². The lowest BCUT2D eigenvalue weighted by Gasteiger charge is -2.00. The highest BCUT2D eigenvalue weighted by atomic mass is 16.6. The summed E-state index contributed by atoms with van der Waals surface area (Å²) in [6.45, 7) is 1.50. The molecule has 0 atom stereocenters. The van der Waals surface area contributed by atoms with Crippen molar-refractivity contribution >= 4 is 11.7 Å². The molecule has 0 fully saturated rings. The molecule has 2 heterocycles. The molecule has 0 bridgehead atoms. The maximum Gasteiger partial charge on any atom is 0.338 e. The summed E-state index contributed by atoms with van der Waals surface area (Å²) in [5.41, 5.74) is -0.00874. The van der Waals surface area contributed by atoms with Crippen molar-refractivity contribution in [2.75, 3.05) is 0 Å². The van der Waals surface area contributed by atoms with Gasteiger partial charge in [-0.05, 0) is 6.92 Å². The molecule has 0 saturated carbocycles. The van der Waals surface area contributed by atoms with Gasteiger partial charge in [-0.3, -0.25) is 10.1 Å². The summed E-state index contributed by atoms with van der Waals surface area (Å²) < 4.78 is 2.41. The molecule has 0 saturated heterocycles. The minimum Gasteiger partial charge on any atom is -0.478 e. The Morgan fingerprint density at radius 2 is 2.22 bits per heavy atom. The van der Waals surface area contributed by atoms with Gasteiger partial charge in [0.05, 0.1) is 16.7 Å². The van der Waals surface area contributed by atoms with Gasteiger partial charge in [-0.15, -0.1) is 0 Å². The van der Waals surface area contributed by atoms with E-state index in [9.17, 15) is 14.9 Å². The zero-order valence-electron chi connectivity index (χ0n) is 9.56. The first-order valence-corrected chi connectivity index (χ1v) is 4.88. The summed E-state index contributed by atoms with van der Waals surface area (Å²) in [6.07, 6.45) is 2.32. The van der Waals surface area contributed by atoms with E-state index < -0.39 is 10.9 Å². The topological polar surface area (TPSA) is 116 Å². The quantitative estimate of drug-likeness (QED) is 0.627. The van der Waals surface area contributed by atoms with Gasteiger partial charge < -0.3 is 5.11 Å². The third-order valence-electron chi connectivity index (χ3n) is 2.39. The first-order valence-electron chi connectivity index (χ1n) is 4.88. The average molecular weight is 251 g/mol. The third kappa shape index (κ3) is 1.71. The van der Waals surface area contributed by atoms with Gasteiger partial charge >= 0.3 is 11.7 Å². The molecule has 94 valence electrons. The SMILES string of the molecule is Cc1nn(C)c(-n2cc(C(=O)O)cn2)c1[N+](=O)[O-]. The van der Waals surface area contributed by atoms with Gasteiger partial charge in [-0.2, -0.15) is 10.2 Å². The number of carboxylic acid groups (broad SMARTS) is 1. The van der Waals surface area contributed by atoms with Crippen molar-refractivity contribution in [1.29, 1.82) is 0 Å². The predicted octanol–water partition coefficient (Wildman–Crippen LogP) is 0.521. The molecule has 2 aromatic heterocycles. The number of carboxylic acids is 1. The Morgan fingerprint density at radius 3 is 2.72 bits per heavy atom. The van der Waals surface area contributed by atoms with Crippen LogP contribution in [0, 0.1) is 17.0 Å². The first-order chi connectivity index (χ1) is 8.41. The van der Waals surface area contributed by atoms with Crippen LogP contribution >= 0.6 is 0 Å². The molecule has 0 unspecified atom stereocenters. The van der Waals surface area contributed by atoms with Crippen molar-refractivity contribution in [1.82, 2.24) is 19.6 Å². The normalized spacial score (nSPS) is 10.6. The van der Waals surface area contributed by atoms with Crippen molar-refractivity contribution in [3.63, 3.8) is 0 Å². The molecule has 0 aliphatic heterocycles. The Bertz CT molecular complexity index is 641. The fourth-order valence-corrected chi connectivity index (χ4v) is 1.65. The van der Waals surface area contributed by atoms with E-state index in [1.165, 1.54) is 24.9 Å². The molecule has 1 N–H and O–H groups in total. The fraction of sp³-hybridized carbons (Fsp3) is 0.222. The second kappa shape index (κ2) is 3.95. The van der Waals surface area contributed by atoms with Crippen LogP contribution in [0.4, 0.5) is 5.69 Å². The number of aromatic carboxylic acids is 1. The first kappa shape index (κ1) is 11.8. The van der Waals surface area contributed by atoms with Crippen LogP contribution in [0.3, 0.4) is 0 Å². The number of nitro groups is 1. The molecular weight excluding hydrogens is 242 g/mol. The fourth-order valence-electron chi connectivity index (χ4n) is 1.65. The number of nitrogens with zero attached hydrogens (tertiary/aromatic N) is 5. The molecule has 0 radical (unpaired) electrons. The molecule has 9 heteroatoms. The van der Waals surface area contributed by atoms with Crippen LogP contribution in [0.2, 0.25) is 0 Å². The van der Waals surface area contributed by atoms with Gasteiger partial charge in [0, 0.05) is 13.2 Å². The minimum absolute atomic E-state index is 0.0526. The zero-order chi connectivity index (χ0) is 13.4. The van der Waals surface area contributed by atoms with Crippen molar-refractivity contribution in [3.05, 3.63) is 33.8 Å². The summed E-state index contributed by atoms with van der Waals surface area (Å²) in [6, 6.07) is 0. The van der Waals surface area contributed by atoms with E-state index >= 15 is 0 Å². The standard InChI is InChI=1S/C9H9N5O4/c1-5-7(14(17)18)8(12(2)11-5)13-4-6(3-10-13)9(15)16/h3-4H,1-2H3,(H,15,16). The Balaban J connectivity index is 2.62. The lowest BCUT2D eigenvalue weighted by Crippen LogP contribution is -2.05. The van der Waals surface area contributed by atoms with Crippen LogP contribution in [0.5, 0.6) is 0 Å². The number of rotatable bonds is 3. The second-order valence-corrected chi connectivity index (χ2v) is 3.62. The largest absolute Gasteiger partial charge is 0.478 e. The van der Waals surface area contributed by atoms with E-state index in [-0.39, 0.29) is 22.8 Å². The van der Waals surface area contributed by atoms with Crippen molar-refractivity contribution < 1.29 is 14.8 Å². The highest BCUT2D eigenvalue weighted by molar-refractivity contribution is 5.87. The second-order valence-electron chi connectivity index (χ2n) is 3.62. The summed E-state index contributed by atoms with van der Waals surface area (Å²) in [5.74, 6) is -1.03.